The number of hydrogen-bond acceptors (Lipinski definition) is 4. The molecule has 1 aromatic carbocycles. The molecule has 6 heteroatoms. The number of ether oxygens (including phenoxy) is 1. The Kier molecular flexibility index (Phi) is 6.10. The first-order valence-corrected chi connectivity index (χ1v) is 7.03. The number of amides is 1. The number of carboxylic acid groups (broad SMARTS) is 1. The number of benzene rings is 1. The number of hydrogen-bond donors (Lipinski definition) is 2. The number of carboxylic acids is 1. The molecular formula is C16H21NO5. The van der Waals surface area contributed by atoms with Gasteiger partial charge in [-0.05, 0) is 39.8 Å². The third kappa shape index (κ3) is 4.87. The summed E-state index contributed by atoms with van der Waals surface area (Å²) in [6.45, 7) is 6.55. The Balaban J connectivity index is 2.92. The highest BCUT2D eigenvalue weighted by molar-refractivity contribution is 5.97. The fraction of sp³-hybridized carbons (Fsp3) is 0.438. The second-order valence-electron chi connectivity index (χ2n) is 5.43. The van der Waals surface area contributed by atoms with E-state index < -0.39 is 35.9 Å². The molecule has 0 aliphatic carbocycles. The second-order valence-corrected chi connectivity index (χ2v) is 5.43. The van der Waals surface area contributed by atoms with E-state index in [4.69, 9.17) is 9.84 Å². The number of aliphatic carboxylic acids is 1. The molecule has 2 unspecified atom stereocenters. The van der Waals surface area contributed by atoms with Crippen LogP contribution in [0.3, 0.4) is 0 Å². The molecule has 6 nitrogen and oxygen atoms in total. The molecule has 120 valence electrons. The Morgan fingerprint density at radius 3 is 2.09 bits per heavy atom. The van der Waals surface area contributed by atoms with Crippen LogP contribution in [0.5, 0.6) is 0 Å². The van der Waals surface area contributed by atoms with Crippen LogP contribution in [-0.4, -0.2) is 35.1 Å². The molecule has 0 aromatic heterocycles. The van der Waals surface area contributed by atoms with E-state index in [2.05, 4.69) is 5.32 Å². The minimum absolute atomic E-state index is 0.352. The summed E-state index contributed by atoms with van der Waals surface area (Å²) >= 11 is 0. The Morgan fingerprint density at radius 2 is 1.64 bits per heavy atom. The maximum atomic E-state index is 12.2. The third-order valence-electron chi connectivity index (χ3n) is 3.10. The molecule has 1 amide bonds. The highest BCUT2D eigenvalue weighted by Crippen LogP contribution is 2.10. The molecule has 0 heterocycles. The number of carbonyl (C=O) groups is 3. The molecule has 0 saturated heterocycles. The second kappa shape index (κ2) is 7.59. The van der Waals surface area contributed by atoms with Crippen LogP contribution in [0.4, 0.5) is 0 Å². The van der Waals surface area contributed by atoms with E-state index in [1.807, 2.05) is 6.92 Å². The average Bonchev–Trinajstić information content (AvgIpc) is 2.43. The number of rotatable bonds is 6. The van der Waals surface area contributed by atoms with Gasteiger partial charge in [0.15, 0.2) is 0 Å². The van der Waals surface area contributed by atoms with Crippen molar-refractivity contribution in [1.82, 2.24) is 5.32 Å². The Labute approximate surface area is 129 Å². The van der Waals surface area contributed by atoms with Crippen molar-refractivity contribution in [2.24, 2.45) is 5.92 Å². The van der Waals surface area contributed by atoms with Crippen LogP contribution in [-0.2, 0) is 14.3 Å². The smallest absolute Gasteiger partial charge is 0.329 e. The van der Waals surface area contributed by atoms with E-state index in [1.165, 1.54) is 6.92 Å². The lowest BCUT2D eigenvalue weighted by Gasteiger charge is -2.22. The van der Waals surface area contributed by atoms with Gasteiger partial charge in [0.2, 0.25) is 0 Å². The molecule has 0 bridgehead atoms. The van der Waals surface area contributed by atoms with Gasteiger partial charge in [0.25, 0.3) is 5.91 Å². The van der Waals surface area contributed by atoms with Crippen LogP contribution in [0.2, 0.25) is 0 Å². The quantitative estimate of drug-likeness (QED) is 0.781. The standard InChI is InChI=1S/C16H21NO5/c1-9(2)22-16(21)13(11(4)15(19)20)17-14(18)12-7-5-10(3)6-8-12/h5-9,11,13H,1-4H3,(H,17,18)(H,19,20). The predicted octanol–water partition coefficient (Wildman–Crippen LogP) is 1.77. The van der Waals surface area contributed by atoms with Crippen LogP contribution >= 0.6 is 0 Å². The summed E-state index contributed by atoms with van der Waals surface area (Å²) in [7, 11) is 0. The molecule has 1 rings (SSSR count). The lowest BCUT2D eigenvalue weighted by Crippen LogP contribution is -2.48. The summed E-state index contributed by atoms with van der Waals surface area (Å²) in [6, 6.07) is 5.50. The maximum Gasteiger partial charge on any atom is 0.329 e. The normalized spacial score (nSPS) is 13.3. The van der Waals surface area contributed by atoms with Crippen LogP contribution < -0.4 is 5.32 Å². The number of nitrogens with one attached hydrogen (secondary N) is 1. The van der Waals surface area contributed by atoms with Crippen molar-refractivity contribution in [3.63, 3.8) is 0 Å². The van der Waals surface area contributed by atoms with Crippen molar-refractivity contribution in [2.75, 3.05) is 0 Å². The van der Waals surface area contributed by atoms with Gasteiger partial charge >= 0.3 is 11.9 Å². The Hall–Kier alpha value is -2.37. The van der Waals surface area contributed by atoms with Gasteiger partial charge in [-0.25, -0.2) is 4.79 Å². The SMILES string of the molecule is Cc1ccc(C(=O)NC(C(=O)OC(C)C)C(C)C(=O)O)cc1. The summed E-state index contributed by atoms with van der Waals surface area (Å²) in [6.07, 6.45) is -0.396. The summed E-state index contributed by atoms with van der Waals surface area (Å²) in [5.41, 5.74) is 1.34. The van der Waals surface area contributed by atoms with Gasteiger partial charge in [0, 0.05) is 5.56 Å². The van der Waals surface area contributed by atoms with Gasteiger partial charge in [-0.2, -0.15) is 0 Å². The van der Waals surface area contributed by atoms with Gasteiger partial charge in [-0.1, -0.05) is 17.7 Å². The molecule has 0 radical (unpaired) electrons. The molecule has 0 saturated carbocycles. The van der Waals surface area contributed by atoms with Crippen LogP contribution in [0, 0.1) is 12.8 Å². The molecular weight excluding hydrogens is 286 g/mol. The minimum Gasteiger partial charge on any atom is -0.481 e. The third-order valence-corrected chi connectivity index (χ3v) is 3.10. The first-order chi connectivity index (χ1) is 10.2. The Bertz CT molecular complexity index is 550. The zero-order valence-corrected chi connectivity index (χ0v) is 13.1. The maximum absolute atomic E-state index is 12.2. The molecule has 2 atom stereocenters. The molecule has 2 N–H and O–H groups in total. The highest BCUT2D eigenvalue weighted by atomic mass is 16.5. The topological polar surface area (TPSA) is 92.7 Å². The van der Waals surface area contributed by atoms with Crippen LogP contribution in [0.15, 0.2) is 24.3 Å². The fourth-order valence-electron chi connectivity index (χ4n) is 1.77. The van der Waals surface area contributed by atoms with Crippen LogP contribution in [0.1, 0.15) is 36.7 Å². The monoisotopic (exact) mass is 307 g/mol. The molecule has 0 aliphatic rings. The van der Waals surface area contributed by atoms with E-state index in [0.29, 0.717) is 5.56 Å². The minimum atomic E-state index is -1.24. The van der Waals surface area contributed by atoms with Gasteiger partial charge < -0.3 is 15.2 Å². The number of aryl methyl sites for hydroxylation is 1. The number of esters is 1. The molecule has 0 spiro atoms. The van der Waals surface area contributed by atoms with E-state index in [1.54, 1.807) is 38.1 Å². The van der Waals surface area contributed by atoms with E-state index in [9.17, 15) is 14.4 Å². The van der Waals surface area contributed by atoms with E-state index in [-0.39, 0.29) is 0 Å². The van der Waals surface area contributed by atoms with Crippen molar-refractivity contribution in [3.8, 4) is 0 Å². The molecule has 22 heavy (non-hydrogen) atoms. The average molecular weight is 307 g/mol. The molecule has 0 fully saturated rings. The highest BCUT2D eigenvalue weighted by Gasteiger charge is 2.33. The van der Waals surface area contributed by atoms with Gasteiger partial charge in [0.1, 0.15) is 6.04 Å². The van der Waals surface area contributed by atoms with Crippen LogP contribution in [0.25, 0.3) is 0 Å². The lowest BCUT2D eigenvalue weighted by atomic mass is 10.0. The summed E-state index contributed by atoms with van der Waals surface area (Å²) in [5.74, 6) is -3.56. The van der Waals surface area contributed by atoms with Crippen molar-refractivity contribution in [3.05, 3.63) is 35.4 Å². The zero-order valence-electron chi connectivity index (χ0n) is 13.1. The van der Waals surface area contributed by atoms with E-state index in [0.717, 1.165) is 5.56 Å². The van der Waals surface area contributed by atoms with Gasteiger partial charge in [-0.3, -0.25) is 9.59 Å². The Morgan fingerprint density at radius 1 is 1.09 bits per heavy atom. The molecule has 0 aliphatic heterocycles. The largest absolute Gasteiger partial charge is 0.481 e. The van der Waals surface area contributed by atoms with Gasteiger partial charge in [0.05, 0.1) is 12.0 Å². The van der Waals surface area contributed by atoms with Crippen molar-refractivity contribution in [1.29, 1.82) is 0 Å². The van der Waals surface area contributed by atoms with Crippen molar-refractivity contribution < 1.29 is 24.2 Å². The fourth-order valence-corrected chi connectivity index (χ4v) is 1.77. The summed E-state index contributed by atoms with van der Waals surface area (Å²) in [4.78, 5) is 35.3. The molecule has 1 aromatic rings. The first kappa shape index (κ1) is 17.7. The van der Waals surface area contributed by atoms with Crippen molar-refractivity contribution in [2.45, 2.75) is 39.8 Å². The number of carbonyl (C=O) groups excluding carboxylic acids is 2. The van der Waals surface area contributed by atoms with Crippen molar-refractivity contribution >= 4 is 17.8 Å². The lowest BCUT2D eigenvalue weighted by molar-refractivity contribution is -0.156. The van der Waals surface area contributed by atoms with Gasteiger partial charge in [-0.15, -0.1) is 0 Å². The predicted molar refractivity (Wildman–Crippen MR) is 80.5 cm³/mol. The van der Waals surface area contributed by atoms with E-state index >= 15 is 0 Å². The summed E-state index contributed by atoms with van der Waals surface area (Å²) in [5, 5.41) is 11.5. The first-order valence-electron chi connectivity index (χ1n) is 7.03. The zero-order chi connectivity index (χ0) is 16.9. The summed E-state index contributed by atoms with van der Waals surface area (Å²) < 4.78 is 5.02.